The molecule has 3 nitrogen and oxygen atoms in total. The molecule has 0 atom stereocenters. The maximum Gasteiger partial charge on any atom is 0.275 e. The zero-order valence-corrected chi connectivity index (χ0v) is 10.5. The largest absolute Gasteiger partial charge is 0.275 e. The highest BCUT2D eigenvalue weighted by Crippen LogP contribution is 2.13. The third-order valence-corrected chi connectivity index (χ3v) is 2.16. The van der Waals surface area contributed by atoms with Gasteiger partial charge in [-0.25, -0.2) is 5.48 Å². The van der Waals surface area contributed by atoms with Crippen LogP contribution in [0.1, 0.15) is 42.3 Å². The van der Waals surface area contributed by atoms with Crippen LogP contribution >= 0.6 is 0 Å². The molecule has 0 bridgehead atoms. The van der Waals surface area contributed by atoms with E-state index in [9.17, 15) is 4.79 Å². The highest BCUT2D eigenvalue weighted by Gasteiger charge is 2.16. The summed E-state index contributed by atoms with van der Waals surface area (Å²) >= 11 is 0. The molecule has 1 aromatic carbocycles. The Labute approximate surface area is 96.8 Å². The smallest absolute Gasteiger partial charge is 0.268 e. The first-order chi connectivity index (χ1) is 7.31. The fourth-order valence-corrected chi connectivity index (χ4v) is 1.42. The minimum Gasteiger partial charge on any atom is -0.268 e. The number of benzene rings is 1. The van der Waals surface area contributed by atoms with E-state index in [1.807, 2.05) is 52.8 Å². The van der Waals surface area contributed by atoms with Crippen LogP contribution in [0.5, 0.6) is 0 Å². The van der Waals surface area contributed by atoms with Crippen molar-refractivity contribution in [1.29, 1.82) is 0 Å². The van der Waals surface area contributed by atoms with Crippen molar-refractivity contribution in [3.05, 3.63) is 34.9 Å². The SMILES string of the molecule is Cc1cccc(C)c1C(=O)NOC(C)(C)C. The zero-order chi connectivity index (χ0) is 12.3. The molecule has 0 fully saturated rings. The maximum absolute atomic E-state index is 11.9. The van der Waals surface area contributed by atoms with Gasteiger partial charge in [-0.3, -0.25) is 9.63 Å². The quantitative estimate of drug-likeness (QED) is 0.780. The first kappa shape index (κ1) is 12.7. The van der Waals surface area contributed by atoms with Gasteiger partial charge in [0.25, 0.3) is 5.91 Å². The molecule has 0 heterocycles. The number of amides is 1. The lowest BCUT2D eigenvalue weighted by molar-refractivity contribution is -0.0590. The van der Waals surface area contributed by atoms with Crippen LogP contribution in [0.4, 0.5) is 0 Å². The normalized spacial score (nSPS) is 11.3. The van der Waals surface area contributed by atoms with Crippen molar-refractivity contribution < 1.29 is 9.63 Å². The summed E-state index contributed by atoms with van der Waals surface area (Å²) in [5, 5.41) is 0. The summed E-state index contributed by atoms with van der Waals surface area (Å²) in [6.45, 7) is 9.49. The van der Waals surface area contributed by atoms with E-state index in [1.165, 1.54) is 0 Å². The van der Waals surface area contributed by atoms with Crippen LogP contribution in [-0.4, -0.2) is 11.5 Å². The summed E-state index contributed by atoms with van der Waals surface area (Å²) in [6.07, 6.45) is 0. The second-order valence-electron chi connectivity index (χ2n) is 4.91. The molecule has 0 aliphatic rings. The van der Waals surface area contributed by atoms with Crippen molar-refractivity contribution in [2.45, 2.75) is 40.2 Å². The molecule has 3 heteroatoms. The molecule has 1 aromatic rings. The first-order valence-corrected chi connectivity index (χ1v) is 5.36. The van der Waals surface area contributed by atoms with E-state index in [4.69, 9.17) is 4.84 Å². The van der Waals surface area contributed by atoms with Crippen LogP contribution in [0.25, 0.3) is 0 Å². The molecule has 0 aliphatic heterocycles. The van der Waals surface area contributed by atoms with Crippen molar-refractivity contribution in [2.24, 2.45) is 0 Å². The molecular weight excluding hydrogens is 202 g/mol. The molecule has 1 rings (SSSR count). The zero-order valence-electron chi connectivity index (χ0n) is 10.5. The lowest BCUT2D eigenvalue weighted by Crippen LogP contribution is -2.34. The van der Waals surface area contributed by atoms with Gasteiger partial charge in [-0.15, -0.1) is 0 Å². The minimum absolute atomic E-state index is 0.189. The van der Waals surface area contributed by atoms with E-state index in [0.29, 0.717) is 5.56 Å². The Morgan fingerprint density at radius 1 is 1.19 bits per heavy atom. The summed E-state index contributed by atoms with van der Waals surface area (Å²) in [6, 6.07) is 5.77. The summed E-state index contributed by atoms with van der Waals surface area (Å²) in [5.74, 6) is -0.189. The minimum atomic E-state index is -0.383. The lowest BCUT2D eigenvalue weighted by atomic mass is 10.0. The van der Waals surface area contributed by atoms with Crippen molar-refractivity contribution in [1.82, 2.24) is 5.48 Å². The van der Waals surface area contributed by atoms with Gasteiger partial charge < -0.3 is 0 Å². The Morgan fingerprint density at radius 2 is 1.69 bits per heavy atom. The predicted octanol–water partition coefficient (Wildman–Crippen LogP) is 2.76. The number of hydrogen-bond acceptors (Lipinski definition) is 2. The highest BCUT2D eigenvalue weighted by molar-refractivity contribution is 5.96. The second-order valence-corrected chi connectivity index (χ2v) is 4.91. The van der Waals surface area contributed by atoms with Crippen LogP contribution in [0, 0.1) is 13.8 Å². The van der Waals surface area contributed by atoms with Gasteiger partial charge in [0.2, 0.25) is 0 Å². The molecule has 0 saturated carbocycles. The van der Waals surface area contributed by atoms with Gasteiger partial charge in [0.05, 0.1) is 5.60 Å². The topological polar surface area (TPSA) is 38.3 Å². The van der Waals surface area contributed by atoms with Crippen LogP contribution in [-0.2, 0) is 4.84 Å². The molecule has 1 amide bonds. The Hall–Kier alpha value is -1.35. The third-order valence-electron chi connectivity index (χ3n) is 2.16. The monoisotopic (exact) mass is 221 g/mol. The van der Waals surface area contributed by atoms with Crippen LogP contribution < -0.4 is 5.48 Å². The van der Waals surface area contributed by atoms with Gasteiger partial charge in [0.15, 0.2) is 0 Å². The van der Waals surface area contributed by atoms with Gasteiger partial charge >= 0.3 is 0 Å². The molecular formula is C13H19NO2. The summed E-state index contributed by atoms with van der Waals surface area (Å²) in [7, 11) is 0. The Balaban J connectivity index is 2.81. The number of hydroxylamine groups is 1. The van der Waals surface area contributed by atoms with Crippen molar-refractivity contribution in [2.75, 3.05) is 0 Å². The molecule has 0 saturated heterocycles. The number of carbonyl (C=O) groups is 1. The van der Waals surface area contributed by atoms with Crippen LogP contribution in [0.3, 0.4) is 0 Å². The van der Waals surface area contributed by atoms with E-state index in [1.54, 1.807) is 0 Å². The highest BCUT2D eigenvalue weighted by atomic mass is 16.7. The molecule has 1 N–H and O–H groups in total. The fraction of sp³-hybridized carbons (Fsp3) is 0.462. The second kappa shape index (κ2) is 4.66. The number of hydrogen-bond donors (Lipinski definition) is 1. The van der Waals surface area contributed by atoms with Crippen LogP contribution in [0.15, 0.2) is 18.2 Å². The molecule has 0 spiro atoms. The summed E-state index contributed by atoms with van der Waals surface area (Å²) in [4.78, 5) is 17.2. The summed E-state index contributed by atoms with van der Waals surface area (Å²) < 4.78 is 0. The summed E-state index contributed by atoms with van der Waals surface area (Å²) in [5.41, 5.74) is 4.69. The first-order valence-electron chi connectivity index (χ1n) is 5.36. The van der Waals surface area contributed by atoms with Gasteiger partial charge in [0.1, 0.15) is 0 Å². The number of aryl methyl sites for hydroxylation is 2. The number of nitrogens with one attached hydrogen (secondary N) is 1. The fourth-order valence-electron chi connectivity index (χ4n) is 1.42. The van der Waals surface area contributed by atoms with Crippen molar-refractivity contribution in [3.63, 3.8) is 0 Å². The third kappa shape index (κ3) is 3.35. The molecule has 0 aromatic heterocycles. The van der Waals surface area contributed by atoms with E-state index < -0.39 is 0 Å². The van der Waals surface area contributed by atoms with E-state index in [-0.39, 0.29) is 11.5 Å². The Morgan fingerprint density at radius 3 is 2.12 bits per heavy atom. The predicted molar refractivity (Wildman–Crippen MR) is 64.2 cm³/mol. The molecule has 0 radical (unpaired) electrons. The Kier molecular flexibility index (Phi) is 3.70. The van der Waals surface area contributed by atoms with E-state index >= 15 is 0 Å². The standard InChI is InChI=1S/C13H19NO2/c1-9-7-6-8-10(2)11(9)12(15)14-16-13(3,4)5/h6-8H,1-5H3,(H,14,15). The Bertz CT molecular complexity index is 371. The number of carbonyl (C=O) groups excluding carboxylic acids is 1. The van der Waals surface area contributed by atoms with Crippen molar-refractivity contribution in [3.8, 4) is 0 Å². The number of rotatable bonds is 2. The average molecular weight is 221 g/mol. The van der Waals surface area contributed by atoms with Crippen LogP contribution in [0.2, 0.25) is 0 Å². The maximum atomic E-state index is 11.9. The van der Waals surface area contributed by atoms with Crippen molar-refractivity contribution >= 4 is 5.91 Å². The lowest BCUT2D eigenvalue weighted by Gasteiger charge is -2.19. The van der Waals surface area contributed by atoms with Gasteiger partial charge in [-0.05, 0) is 45.7 Å². The molecule has 0 unspecified atom stereocenters. The van der Waals surface area contributed by atoms with E-state index in [2.05, 4.69) is 5.48 Å². The van der Waals surface area contributed by atoms with E-state index in [0.717, 1.165) is 11.1 Å². The van der Waals surface area contributed by atoms with Gasteiger partial charge in [-0.1, -0.05) is 18.2 Å². The van der Waals surface area contributed by atoms with Gasteiger partial charge in [-0.2, -0.15) is 0 Å². The molecule has 16 heavy (non-hydrogen) atoms. The average Bonchev–Trinajstić information content (AvgIpc) is 2.13. The van der Waals surface area contributed by atoms with Gasteiger partial charge in [0, 0.05) is 5.56 Å². The molecule has 0 aliphatic carbocycles. The molecule has 88 valence electrons.